The van der Waals surface area contributed by atoms with Crippen LogP contribution in [-0.4, -0.2) is 52.0 Å². The zero-order valence-electron chi connectivity index (χ0n) is 19.3. The van der Waals surface area contributed by atoms with Crippen molar-refractivity contribution in [3.63, 3.8) is 0 Å². The maximum Gasteiger partial charge on any atom is 0.253 e. The molecule has 0 spiro atoms. The van der Waals surface area contributed by atoms with E-state index < -0.39 is 0 Å². The van der Waals surface area contributed by atoms with Gasteiger partial charge in [0.25, 0.3) is 5.91 Å². The number of rotatable bonds is 5. The fourth-order valence-electron chi connectivity index (χ4n) is 7.72. The van der Waals surface area contributed by atoms with Crippen molar-refractivity contribution in [1.29, 1.82) is 0 Å². The van der Waals surface area contributed by atoms with Crippen LogP contribution in [0.1, 0.15) is 67.4 Å². The van der Waals surface area contributed by atoms with Crippen LogP contribution < -0.4 is 11.1 Å². The van der Waals surface area contributed by atoms with E-state index in [1.54, 1.807) is 4.52 Å². The molecule has 1 aliphatic heterocycles. The van der Waals surface area contributed by atoms with Gasteiger partial charge in [-0.1, -0.05) is 0 Å². The van der Waals surface area contributed by atoms with Crippen molar-refractivity contribution in [2.75, 3.05) is 19.6 Å². The summed E-state index contributed by atoms with van der Waals surface area (Å²) in [5.74, 6) is 2.65. The number of hydrogen-bond donors (Lipinski definition) is 2. The molecule has 2 aromatic heterocycles. The van der Waals surface area contributed by atoms with Gasteiger partial charge in [-0.15, -0.1) is 0 Å². The summed E-state index contributed by atoms with van der Waals surface area (Å²) in [5, 5.41) is 7.87. The molecule has 1 atom stereocenters. The second kappa shape index (κ2) is 8.12. The van der Waals surface area contributed by atoms with E-state index in [0.717, 1.165) is 49.2 Å². The van der Waals surface area contributed by atoms with E-state index in [0.29, 0.717) is 23.2 Å². The van der Waals surface area contributed by atoms with Gasteiger partial charge < -0.3 is 16.0 Å². The third-order valence-electron chi connectivity index (χ3n) is 8.73. The van der Waals surface area contributed by atoms with Crippen LogP contribution in [0.25, 0.3) is 5.52 Å². The van der Waals surface area contributed by atoms with Crippen LogP contribution in [0.3, 0.4) is 0 Å². The molecule has 33 heavy (non-hydrogen) atoms. The van der Waals surface area contributed by atoms with Crippen molar-refractivity contribution in [2.24, 2.45) is 28.9 Å². The molecule has 4 saturated carbocycles. The summed E-state index contributed by atoms with van der Waals surface area (Å²) in [6, 6.07) is 5.67. The summed E-state index contributed by atoms with van der Waals surface area (Å²) in [6.07, 6.45) is 12.1. The van der Waals surface area contributed by atoms with Crippen LogP contribution in [0.4, 0.5) is 0 Å². The molecule has 7 nitrogen and oxygen atoms in total. The maximum atomic E-state index is 13.2. The van der Waals surface area contributed by atoms with E-state index in [4.69, 9.17) is 5.73 Å². The van der Waals surface area contributed by atoms with Gasteiger partial charge in [0.1, 0.15) is 0 Å². The number of nitrogens with one attached hydrogen (secondary N) is 1. The second-order valence-corrected chi connectivity index (χ2v) is 11.4. The smallest absolute Gasteiger partial charge is 0.253 e. The Morgan fingerprint density at radius 2 is 1.88 bits per heavy atom. The number of nitrogens with zero attached hydrogens (tertiary/aromatic N) is 3. The van der Waals surface area contributed by atoms with Crippen LogP contribution >= 0.6 is 0 Å². The first kappa shape index (κ1) is 21.1. The van der Waals surface area contributed by atoms with Gasteiger partial charge in [-0.2, -0.15) is 5.10 Å². The average molecular weight is 450 g/mol. The lowest BCUT2D eigenvalue weighted by Crippen LogP contribution is -2.51. The van der Waals surface area contributed by atoms with Gasteiger partial charge in [0.05, 0.1) is 23.2 Å². The lowest BCUT2D eigenvalue weighted by Gasteiger charge is -2.56. The van der Waals surface area contributed by atoms with Crippen molar-refractivity contribution in [3.05, 3.63) is 35.7 Å². The minimum Gasteiger partial charge on any atom is -0.351 e. The number of piperidine rings is 1. The molecular formula is C26H35N5O2. The minimum atomic E-state index is -0.0314. The van der Waals surface area contributed by atoms with Gasteiger partial charge in [0.15, 0.2) is 0 Å². The maximum absolute atomic E-state index is 13.2. The number of hydrogen-bond acceptors (Lipinski definition) is 4. The van der Waals surface area contributed by atoms with E-state index in [9.17, 15) is 9.59 Å². The Kier molecular flexibility index (Phi) is 5.20. The summed E-state index contributed by atoms with van der Waals surface area (Å²) in [6.45, 7) is 2.16. The first-order valence-electron chi connectivity index (χ1n) is 12.8. The number of carbonyl (C=O) groups excluding carboxylic acids is 2. The summed E-state index contributed by atoms with van der Waals surface area (Å²) in [5.41, 5.74) is 8.43. The van der Waals surface area contributed by atoms with Gasteiger partial charge >= 0.3 is 0 Å². The number of fused-ring (bicyclic) bond motifs is 1. The first-order chi connectivity index (χ1) is 16.0. The summed E-state index contributed by atoms with van der Waals surface area (Å²) < 4.78 is 1.73. The van der Waals surface area contributed by atoms with E-state index in [2.05, 4.69) is 10.4 Å². The normalized spacial score (nSPS) is 32.9. The molecule has 7 rings (SSSR count). The standard InChI is InChI=1S/C26H35N5O2/c27-20-3-1-5-30(15-20)24(32)11-21-10-23-22(4-2-6-31(23)29-21)25(33)28-16-26-12-17-7-18(13-26)9-19(8-17)14-26/h2,4,6,10,17-20H,1,3,5,7-9,11-16,27H2,(H,28,33)/t17?,18?,19?,20-,26?/m1/s1. The Labute approximate surface area is 195 Å². The van der Waals surface area contributed by atoms with Gasteiger partial charge in [-0.05, 0) is 92.7 Å². The summed E-state index contributed by atoms with van der Waals surface area (Å²) >= 11 is 0. The van der Waals surface area contributed by atoms with Crippen LogP contribution in [0.5, 0.6) is 0 Å². The first-order valence-corrected chi connectivity index (χ1v) is 12.8. The third kappa shape index (κ3) is 4.05. The van der Waals surface area contributed by atoms with Crippen LogP contribution in [0.15, 0.2) is 24.4 Å². The predicted octanol–water partition coefficient (Wildman–Crippen LogP) is 2.77. The molecule has 5 fully saturated rings. The largest absolute Gasteiger partial charge is 0.351 e. The van der Waals surface area contributed by atoms with Crippen molar-refractivity contribution in [2.45, 2.75) is 63.8 Å². The third-order valence-corrected chi connectivity index (χ3v) is 8.73. The van der Waals surface area contributed by atoms with Gasteiger partial charge in [0, 0.05) is 31.9 Å². The SMILES string of the molecule is N[C@@H]1CCCN(C(=O)Cc2cc3c(C(=O)NCC45CC6CC(CC(C6)C4)C5)cccn3n2)C1. The number of aromatic nitrogens is 2. The summed E-state index contributed by atoms with van der Waals surface area (Å²) in [4.78, 5) is 27.8. The van der Waals surface area contributed by atoms with Crippen LogP contribution in [0.2, 0.25) is 0 Å². The topological polar surface area (TPSA) is 92.7 Å². The molecule has 2 amide bonds. The number of likely N-dealkylation sites (tertiary alicyclic amines) is 1. The fourth-order valence-corrected chi connectivity index (χ4v) is 7.72. The van der Waals surface area contributed by atoms with Crippen molar-refractivity contribution >= 4 is 17.3 Å². The Morgan fingerprint density at radius 1 is 1.15 bits per heavy atom. The highest BCUT2D eigenvalue weighted by Gasteiger charge is 2.50. The van der Waals surface area contributed by atoms with Crippen LogP contribution in [0, 0.1) is 23.2 Å². The highest BCUT2D eigenvalue weighted by Crippen LogP contribution is 2.59. The highest BCUT2D eigenvalue weighted by atomic mass is 16.2. The molecule has 5 aliphatic rings. The molecule has 3 N–H and O–H groups in total. The zero-order valence-corrected chi connectivity index (χ0v) is 19.3. The monoisotopic (exact) mass is 449 g/mol. The molecular weight excluding hydrogens is 414 g/mol. The fraction of sp³-hybridized carbons (Fsp3) is 0.654. The molecule has 0 aromatic carbocycles. The lowest BCUT2D eigenvalue weighted by molar-refractivity contribution is -0.131. The number of nitrogens with two attached hydrogens (primary N) is 1. The number of pyridine rings is 1. The molecule has 0 unspecified atom stereocenters. The average Bonchev–Trinajstić information content (AvgIpc) is 3.19. The predicted molar refractivity (Wildman–Crippen MR) is 126 cm³/mol. The Morgan fingerprint density at radius 3 is 2.58 bits per heavy atom. The molecule has 1 saturated heterocycles. The van der Waals surface area contributed by atoms with Gasteiger partial charge in [-0.3, -0.25) is 9.59 Å². The Bertz CT molecular complexity index is 1040. The second-order valence-electron chi connectivity index (χ2n) is 11.4. The van der Waals surface area contributed by atoms with E-state index >= 15 is 0 Å². The molecule has 0 radical (unpaired) electrons. The zero-order chi connectivity index (χ0) is 22.6. The molecule has 3 heterocycles. The minimum absolute atomic E-state index is 0.0314. The number of amides is 2. The number of carbonyl (C=O) groups is 2. The molecule has 4 aliphatic carbocycles. The molecule has 7 heteroatoms. The Hall–Kier alpha value is -2.41. The quantitative estimate of drug-likeness (QED) is 0.734. The molecule has 4 bridgehead atoms. The van der Waals surface area contributed by atoms with E-state index in [1.807, 2.05) is 29.3 Å². The van der Waals surface area contributed by atoms with Crippen molar-refractivity contribution in [3.8, 4) is 0 Å². The van der Waals surface area contributed by atoms with Crippen molar-refractivity contribution in [1.82, 2.24) is 19.8 Å². The summed E-state index contributed by atoms with van der Waals surface area (Å²) in [7, 11) is 0. The molecule has 176 valence electrons. The lowest BCUT2D eigenvalue weighted by atomic mass is 9.49. The van der Waals surface area contributed by atoms with Crippen LogP contribution in [-0.2, 0) is 11.2 Å². The highest BCUT2D eigenvalue weighted by molar-refractivity contribution is 6.00. The Balaban J connectivity index is 1.15. The van der Waals surface area contributed by atoms with Gasteiger partial charge in [0.2, 0.25) is 5.91 Å². The van der Waals surface area contributed by atoms with E-state index in [-0.39, 0.29) is 24.3 Å². The van der Waals surface area contributed by atoms with E-state index in [1.165, 1.54) is 38.5 Å². The van der Waals surface area contributed by atoms with Gasteiger partial charge in [-0.25, -0.2) is 4.52 Å². The van der Waals surface area contributed by atoms with Crippen molar-refractivity contribution < 1.29 is 9.59 Å². The molecule has 2 aromatic rings.